The van der Waals surface area contributed by atoms with Gasteiger partial charge in [0.2, 0.25) is 5.91 Å². The molecule has 2 N–H and O–H groups in total. The molecule has 0 fully saturated rings. The van der Waals surface area contributed by atoms with E-state index in [4.69, 9.17) is 4.74 Å². The maximum atomic E-state index is 11.8. The molecule has 0 aliphatic carbocycles. The van der Waals surface area contributed by atoms with Gasteiger partial charge >= 0.3 is 0 Å². The zero-order valence-corrected chi connectivity index (χ0v) is 13.2. The second kappa shape index (κ2) is 8.17. The highest BCUT2D eigenvalue weighted by molar-refractivity contribution is 9.10. The van der Waals surface area contributed by atoms with Crippen molar-refractivity contribution in [3.8, 4) is 0 Å². The lowest BCUT2D eigenvalue weighted by Crippen LogP contribution is -2.38. The number of carbonyl (C=O) groups excluding carboxylic acids is 1. The molecule has 1 aromatic rings. The fraction of sp³-hybridized carbons (Fsp3) is 0.500. The van der Waals surface area contributed by atoms with Gasteiger partial charge in [0.15, 0.2) is 0 Å². The van der Waals surface area contributed by atoms with Gasteiger partial charge in [0, 0.05) is 29.4 Å². The number of methoxy groups -OCH3 is 1. The second-order valence-electron chi connectivity index (χ2n) is 4.36. The van der Waals surface area contributed by atoms with Gasteiger partial charge in [-0.05, 0) is 25.5 Å². The van der Waals surface area contributed by atoms with Gasteiger partial charge in [-0.15, -0.1) is 0 Å². The Balaban J connectivity index is 2.75. The molecule has 19 heavy (non-hydrogen) atoms. The molecule has 1 unspecified atom stereocenters. The molecule has 0 saturated carbocycles. The third-order valence-corrected chi connectivity index (χ3v) is 3.47. The number of rotatable bonds is 7. The summed E-state index contributed by atoms with van der Waals surface area (Å²) in [5.41, 5.74) is 1.93. The Kier molecular flexibility index (Phi) is 6.87. The predicted molar refractivity (Wildman–Crippen MR) is 81.2 cm³/mol. The summed E-state index contributed by atoms with van der Waals surface area (Å²) in [6.45, 7) is 5.08. The molecular formula is C14H21BrN2O2. The topological polar surface area (TPSA) is 50.4 Å². The minimum Gasteiger partial charge on any atom is -0.380 e. The first kappa shape index (κ1) is 16.0. The molecule has 1 rings (SSSR count). The largest absolute Gasteiger partial charge is 0.380 e. The number of hydrogen-bond donors (Lipinski definition) is 2. The second-order valence-corrected chi connectivity index (χ2v) is 5.21. The van der Waals surface area contributed by atoms with Gasteiger partial charge in [0.25, 0.3) is 0 Å². The van der Waals surface area contributed by atoms with Crippen LogP contribution in [0.15, 0.2) is 22.7 Å². The number of anilines is 1. The van der Waals surface area contributed by atoms with Crippen LogP contribution in [0.4, 0.5) is 5.69 Å². The van der Waals surface area contributed by atoms with E-state index in [1.165, 1.54) is 0 Å². The molecule has 1 atom stereocenters. The summed E-state index contributed by atoms with van der Waals surface area (Å²) < 4.78 is 6.16. The number of amides is 1. The Morgan fingerprint density at radius 2 is 2.21 bits per heavy atom. The normalized spacial score (nSPS) is 12.0. The number of halogens is 1. The monoisotopic (exact) mass is 328 g/mol. The van der Waals surface area contributed by atoms with Crippen LogP contribution in [0.25, 0.3) is 0 Å². The molecule has 0 aromatic heterocycles. The number of ether oxygens (including phenoxy) is 1. The Morgan fingerprint density at radius 1 is 1.47 bits per heavy atom. The molecule has 4 nitrogen and oxygen atoms in total. The van der Waals surface area contributed by atoms with E-state index in [0.717, 1.165) is 22.1 Å². The third kappa shape index (κ3) is 4.84. The van der Waals surface area contributed by atoms with E-state index >= 15 is 0 Å². The van der Waals surface area contributed by atoms with Crippen molar-refractivity contribution in [3.05, 3.63) is 28.2 Å². The van der Waals surface area contributed by atoms with E-state index in [-0.39, 0.29) is 11.9 Å². The van der Waals surface area contributed by atoms with Gasteiger partial charge in [-0.1, -0.05) is 28.9 Å². The van der Waals surface area contributed by atoms with E-state index < -0.39 is 0 Å². The molecule has 0 aliphatic rings. The van der Waals surface area contributed by atoms with Crippen molar-refractivity contribution in [2.45, 2.75) is 32.9 Å². The molecule has 0 spiro atoms. The Morgan fingerprint density at radius 3 is 2.84 bits per heavy atom. The first-order valence-electron chi connectivity index (χ1n) is 6.40. The molecule has 0 saturated heterocycles. The molecular weight excluding hydrogens is 308 g/mol. The fourth-order valence-electron chi connectivity index (χ4n) is 1.69. The molecule has 0 aliphatic heterocycles. The van der Waals surface area contributed by atoms with Gasteiger partial charge in [-0.3, -0.25) is 4.79 Å². The zero-order chi connectivity index (χ0) is 14.3. The Bertz CT molecular complexity index is 424. The van der Waals surface area contributed by atoms with Crippen molar-refractivity contribution >= 4 is 27.5 Å². The summed E-state index contributed by atoms with van der Waals surface area (Å²) >= 11 is 3.50. The average molecular weight is 329 g/mol. The van der Waals surface area contributed by atoms with Crippen molar-refractivity contribution in [3.63, 3.8) is 0 Å². The summed E-state index contributed by atoms with van der Waals surface area (Å²) in [6, 6.07) is 5.56. The van der Waals surface area contributed by atoms with Crippen LogP contribution in [-0.4, -0.2) is 25.6 Å². The minimum absolute atomic E-state index is 0.00481. The van der Waals surface area contributed by atoms with Crippen molar-refractivity contribution in [2.24, 2.45) is 0 Å². The van der Waals surface area contributed by atoms with Crippen LogP contribution in [-0.2, 0) is 16.1 Å². The highest BCUT2D eigenvalue weighted by Gasteiger charge is 2.14. The molecule has 5 heteroatoms. The first-order valence-corrected chi connectivity index (χ1v) is 7.20. The van der Waals surface area contributed by atoms with Crippen LogP contribution in [0.5, 0.6) is 0 Å². The van der Waals surface area contributed by atoms with Gasteiger partial charge in [0.05, 0.1) is 6.61 Å². The van der Waals surface area contributed by atoms with Crippen molar-refractivity contribution < 1.29 is 9.53 Å². The molecule has 0 bridgehead atoms. The van der Waals surface area contributed by atoms with Crippen molar-refractivity contribution in [1.82, 2.24) is 5.32 Å². The lowest BCUT2D eigenvalue weighted by Gasteiger charge is -2.18. The zero-order valence-electron chi connectivity index (χ0n) is 11.6. The molecule has 106 valence electrons. The predicted octanol–water partition coefficient (Wildman–Crippen LogP) is 2.92. The van der Waals surface area contributed by atoms with Crippen molar-refractivity contribution in [1.29, 1.82) is 0 Å². The summed E-state index contributed by atoms with van der Waals surface area (Å²) in [5.74, 6) is 0.00481. The summed E-state index contributed by atoms with van der Waals surface area (Å²) in [5, 5.41) is 6.10. The highest BCUT2D eigenvalue weighted by atomic mass is 79.9. The fourth-order valence-corrected chi connectivity index (χ4v) is 2.17. The average Bonchev–Trinajstić information content (AvgIpc) is 2.39. The molecule has 0 heterocycles. The van der Waals surface area contributed by atoms with Crippen LogP contribution < -0.4 is 10.6 Å². The lowest BCUT2D eigenvalue weighted by atomic mass is 10.1. The van der Waals surface area contributed by atoms with E-state index in [1.807, 2.05) is 32.0 Å². The summed E-state index contributed by atoms with van der Waals surface area (Å²) in [7, 11) is 1.65. The maximum absolute atomic E-state index is 11.8. The van der Waals surface area contributed by atoms with Gasteiger partial charge in [-0.2, -0.15) is 0 Å². The quantitative estimate of drug-likeness (QED) is 0.809. The molecule has 0 radical (unpaired) electrons. The van der Waals surface area contributed by atoms with E-state index in [9.17, 15) is 4.79 Å². The maximum Gasteiger partial charge on any atom is 0.242 e. The van der Waals surface area contributed by atoms with Crippen LogP contribution in [0.1, 0.15) is 25.8 Å². The lowest BCUT2D eigenvalue weighted by molar-refractivity contribution is -0.121. The standard InChI is InChI=1S/C14H21BrN2O2/c1-4-8-16-14(18)10(2)17-13-7-5-6-12(15)11(13)9-19-3/h5-7,10,17H,4,8-9H2,1-3H3,(H,16,18). The number of hydrogen-bond acceptors (Lipinski definition) is 3. The van der Waals surface area contributed by atoms with Crippen molar-refractivity contribution in [2.75, 3.05) is 19.0 Å². The SMILES string of the molecule is CCCNC(=O)C(C)Nc1cccc(Br)c1COC. The van der Waals surface area contributed by atoms with Gasteiger partial charge < -0.3 is 15.4 Å². The van der Waals surface area contributed by atoms with Crippen LogP contribution >= 0.6 is 15.9 Å². The summed E-state index contributed by atoms with van der Waals surface area (Å²) in [6.07, 6.45) is 0.935. The number of carbonyl (C=O) groups is 1. The van der Waals surface area contributed by atoms with E-state index in [1.54, 1.807) is 7.11 Å². The van der Waals surface area contributed by atoms with Crippen LogP contribution in [0.2, 0.25) is 0 Å². The molecule has 1 amide bonds. The number of benzene rings is 1. The highest BCUT2D eigenvalue weighted by Crippen LogP contribution is 2.26. The Labute approximate surface area is 123 Å². The van der Waals surface area contributed by atoms with E-state index in [2.05, 4.69) is 26.6 Å². The van der Waals surface area contributed by atoms with Gasteiger partial charge in [-0.25, -0.2) is 0 Å². The summed E-state index contributed by atoms with van der Waals surface area (Å²) in [4.78, 5) is 11.8. The van der Waals surface area contributed by atoms with E-state index in [0.29, 0.717) is 13.2 Å². The van der Waals surface area contributed by atoms with Gasteiger partial charge in [0.1, 0.15) is 6.04 Å². The molecule has 1 aromatic carbocycles. The smallest absolute Gasteiger partial charge is 0.242 e. The third-order valence-electron chi connectivity index (χ3n) is 2.72. The van der Waals surface area contributed by atoms with Crippen LogP contribution in [0.3, 0.4) is 0 Å². The van der Waals surface area contributed by atoms with Crippen LogP contribution in [0, 0.1) is 0 Å². The Hall–Kier alpha value is -1.07. The number of nitrogens with one attached hydrogen (secondary N) is 2. The first-order chi connectivity index (χ1) is 9.10. The minimum atomic E-state index is -0.281.